The van der Waals surface area contributed by atoms with Crippen molar-refractivity contribution in [2.45, 2.75) is 38.5 Å². The summed E-state index contributed by atoms with van der Waals surface area (Å²) >= 11 is 0. The average molecular weight is 297 g/mol. The summed E-state index contributed by atoms with van der Waals surface area (Å²) in [6.07, 6.45) is 4.51. The van der Waals surface area contributed by atoms with Gasteiger partial charge in [0.2, 0.25) is 0 Å². The highest BCUT2D eigenvalue weighted by molar-refractivity contribution is 5.20. The minimum Gasteiger partial charge on any atom is -0.390 e. The number of rotatable bonds is 10. The molecule has 8 nitrogen and oxygen atoms in total. The summed E-state index contributed by atoms with van der Waals surface area (Å²) in [5.41, 5.74) is -0.0572. The van der Waals surface area contributed by atoms with Crippen LogP contribution < -0.4 is 5.32 Å². The zero-order valence-corrected chi connectivity index (χ0v) is 12.3. The molecule has 1 atom stereocenters. The fraction of sp³-hybridized carbons (Fsp3) is 0.769. The third kappa shape index (κ3) is 5.07. The Bertz CT molecular complexity index is 460. The average Bonchev–Trinajstić information content (AvgIpc) is 3.18. The summed E-state index contributed by atoms with van der Waals surface area (Å²) in [4.78, 5) is 12.5. The maximum Gasteiger partial charge on any atom is 0.306 e. The largest absolute Gasteiger partial charge is 0.390 e. The number of aromatic nitrogens is 2. The molecule has 8 heteroatoms. The normalized spacial score (nSPS) is 16.3. The summed E-state index contributed by atoms with van der Waals surface area (Å²) in [6, 6.07) is 0.756. The van der Waals surface area contributed by atoms with Crippen LogP contribution in [0.2, 0.25) is 0 Å². The van der Waals surface area contributed by atoms with Crippen LogP contribution in [0.25, 0.3) is 0 Å². The highest BCUT2D eigenvalue weighted by atomic mass is 16.6. The Morgan fingerprint density at radius 3 is 3.00 bits per heavy atom. The van der Waals surface area contributed by atoms with Crippen molar-refractivity contribution >= 4 is 5.69 Å². The molecular weight excluding hydrogens is 274 g/mol. The molecule has 1 heterocycles. The monoisotopic (exact) mass is 297 g/mol. The predicted octanol–water partition coefficient (Wildman–Crippen LogP) is 0.226. The zero-order valence-electron chi connectivity index (χ0n) is 12.3. The molecule has 21 heavy (non-hydrogen) atoms. The molecule has 118 valence electrons. The first-order chi connectivity index (χ1) is 10.1. The Morgan fingerprint density at radius 1 is 1.67 bits per heavy atom. The number of aliphatic hydroxyl groups is 1. The second-order valence-electron chi connectivity index (χ2n) is 5.40. The molecule has 0 aliphatic heterocycles. The fourth-order valence-corrected chi connectivity index (χ4v) is 2.36. The molecule has 0 radical (unpaired) electrons. The number of nitrogens with zero attached hydrogens (tertiary/aromatic N) is 4. The standard InChI is InChI=1S/C13H23N5O3/c1-2-16(11-3-4-11)6-5-14-8-13(19)10-17-9-12(7-15-17)18(20)21/h7,9,11,13-14,19H,2-6,8,10H2,1H3. The molecule has 0 spiro atoms. The van der Waals surface area contributed by atoms with Crippen molar-refractivity contribution in [3.8, 4) is 0 Å². The van der Waals surface area contributed by atoms with Gasteiger partial charge in [-0.1, -0.05) is 6.92 Å². The van der Waals surface area contributed by atoms with Gasteiger partial charge in [-0.05, 0) is 19.4 Å². The summed E-state index contributed by atoms with van der Waals surface area (Å²) in [5, 5.41) is 27.5. The number of hydrogen-bond acceptors (Lipinski definition) is 6. The van der Waals surface area contributed by atoms with Crippen molar-refractivity contribution in [3.63, 3.8) is 0 Å². The Labute approximate surface area is 123 Å². The maximum atomic E-state index is 10.5. The molecule has 1 aliphatic rings. The number of hydrogen-bond donors (Lipinski definition) is 2. The van der Waals surface area contributed by atoms with Crippen LogP contribution in [0, 0.1) is 10.1 Å². The zero-order chi connectivity index (χ0) is 15.2. The fourth-order valence-electron chi connectivity index (χ4n) is 2.36. The summed E-state index contributed by atoms with van der Waals surface area (Å²) < 4.78 is 1.40. The Hall–Kier alpha value is -1.51. The Balaban J connectivity index is 1.62. The number of nitro groups is 1. The van der Waals surface area contributed by atoms with Crippen LogP contribution >= 0.6 is 0 Å². The minimum atomic E-state index is -0.611. The highest BCUT2D eigenvalue weighted by Gasteiger charge is 2.27. The third-order valence-corrected chi connectivity index (χ3v) is 3.65. The minimum absolute atomic E-state index is 0.0572. The van der Waals surface area contributed by atoms with E-state index in [9.17, 15) is 15.2 Å². The Kier molecular flexibility index (Phi) is 5.66. The van der Waals surface area contributed by atoms with Gasteiger partial charge in [0.25, 0.3) is 0 Å². The molecule has 2 N–H and O–H groups in total. The SMILES string of the molecule is CCN(CCNCC(O)Cn1cc([N+](=O)[O-])cn1)C1CC1. The second-order valence-corrected chi connectivity index (χ2v) is 5.40. The van der Waals surface area contributed by atoms with Crippen LogP contribution in [0.15, 0.2) is 12.4 Å². The van der Waals surface area contributed by atoms with Crippen LogP contribution in [0.1, 0.15) is 19.8 Å². The molecule has 1 aromatic rings. The second kappa shape index (κ2) is 7.48. The lowest BCUT2D eigenvalue weighted by Gasteiger charge is -2.20. The molecule has 1 unspecified atom stereocenters. The highest BCUT2D eigenvalue weighted by Crippen LogP contribution is 2.25. The Morgan fingerprint density at radius 2 is 2.43 bits per heavy atom. The summed E-state index contributed by atoms with van der Waals surface area (Å²) in [5.74, 6) is 0. The van der Waals surface area contributed by atoms with E-state index in [1.165, 1.54) is 29.9 Å². The van der Waals surface area contributed by atoms with E-state index >= 15 is 0 Å². The maximum absolute atomic E-state index is 10.5. The first-order valence-corrected chi connectivity index (χ1v) is 7.39. The van der Waals surface area contributed by atoms with Crippen molar-refractivity contribution in [1.29, 1.82) is 0 Å². The molecular formula is C13H23N5O3. The van der Waals surface area contributed by atoms with Crippen LogP contribution in [0.3, 0.4) is 0 Å². The van der Waals surface area contributed by atoms with Crippen molar-refractivity contribution in [3.05, 3.63) is 22.5 Å². The lowest BCUT2D eigenvalue weighted by atomic mass is 10.3. The van der Waals surface area contributed by atoms with Crippen LogP contribution in [-0.2, 0) is 6.54 Å². The molecule has 1 aliphatic carbocycles. The quantitative estimate of drug-likeness (QED) is 0.364. The van der Waals surface area contributed by atoms with Crippen LogP contribution in [-0.4, -0.2) is 63.0 Å². The van der Waals surface area contributed by atoms with Crippen molar-refractivity contribution in [2.75, 3.05) is 26.2 Å². The molecule has 0 aromatic carbocycles. The summed E-state index contributed by atoms with van der Waals surface area (Å²) in [7, 11) is 0. The van der Waals surface area contributed by atoms with E-state index in [0.29, 0.717) is 6.54 Å². The van der Waals surface area contributed by atoms with Crippen molar-refractivity contribution in [1.82, 2.24) is 20.0 Å². The van der Waals surface area contributed by atoms with Gasteiger partial charge in [0, 0.05) is 25.7 Å². The lowest BCUT2D eigenvalue weighted by Crippen LogP contribution is -2.37. The van der Waals surface area contributed by atoms with E-state index in [1.807, 2.05) is 0 Å². The van der Waals surface area contributed by atoms with Crippen molar-refractivity contribution in [2.24, 2.45) is 0 Å². The van der Waals surface area contributed by atoms with E-state index in [1.54, 1.807) is 0 Å². The van der Waals surface area contributed by atoms with E-state index in [0.717, 1.165) is 25.7 Å². The van der Waals surface area contributed by atoms with E-state index in [-0.39, 0.29) is 12.2 Å². The van der Waals surface area contributed by atoms with Gasteiger partial charge < -0.3 is 10.4 Å². The lowest BCUT2D eigenvalue weighted by molar-refractivity contribution is -0.385. The van der Waals surface area contributed by atoms with Gasteiger partial charge in [-0.3, -0.25) is 19.7 Å². The first-order valence-electron chi connectivity index (χ1n) is 7.39. The molecule has 0 saturated heterocycles. The van der Waals surface area contributed by atoms with Gasteiger partial charge in [0.1, 0.15) is 12.4 Å². The first kappa shape index (κ1) is 15.9. The van der Waals surface area contributed by atoms with E-state index < -0.39 is 11.0 Å². The smallest absolute Gasteiger partial charge is 0.306 e. The van der Waals surface area contributed by atoms with Gasteiger partial charge in [-0.25, -0.2) is 0 Å². The number of nitrogens with one attached hydrogen (secondary N) is 1. The van der Waals surface area contributed by atoms with Gasteiger partial charge in [0.05, 0.1) is 17.6 Å². The molecule has 1 aromatic heterocycles. The molecule has 0 amide bonds. The molecule has 1 saturated carbocycles. The van der Waals surface area contributed by atoms with Gasteiger partial charge >= 0.3 is 5.69 Å². The van der Waals surface area contributed by atoms with Crippen molar-refractivity contribution < 1.29 is 10.0 Å². The predicted molar refractivity (Wildman–Crippen MR) is 78.0 cm³/mol. The summed E-state index contributed by atoms with van der Waals surface area (Å²) in [6.45, 7) is 5.75. The topological polar surface area (TPSA) is 96.5 Å². The van der Waals surface area contributed by atoms with Gasteiger partial charge in [-0.15, -0.1) is 0 Å². The van der Waals surface area contributed by atoms with Crippen LogP contribution in [0.5, 0.6) is 0 Å². The van der Waals surface area contributed by atoms with E-state index in [4.69, 9.17) is 0 Å². The van der Waals surface area contributed by atoms with E-state index in [2.05, 4.69) is 22.2 Å². The third-order valence-electron chi connectivity index (χ3n) is 3.65. The number of likely N-dealkylation sites (N-methyl/N-ethyl adjacent to an activating group) is 1. The number of aliphatic hydroxyl groups excluding tert-OH is 1. The van der Waals surface area contributed by atoms with Gasteiger partial charge in [-0.2, -0.15) is 5.10 Å². The molecule has 1 fully saturated rings. The molecule has 2 rings (SSSR count). The van der Waals surface area contributed by atoms with Gasteiger partial charge in [0.15, 0.2) is 0 Å². The molecule has 0 bridgehead atoms. The van der Waals surface area contributed by atoms with Crippen LogP contribution in [0.4, 0.5) is 5.69 Å².